The zero-order valence-electron chi connectivity index (χ0n) is 12.5. The van der Waals surface area contributed by atoms with Crippen LogP contribution in [0.1, 0.15) is 18.4 Å². The first-order valence-electron chi connectivity index (χ1n) is 6.96. The van der Waals surface area contributed by atoms with Gasteiger partial charge in [-0.1, -0.05) is 6.07 Å². The number of rotatable bonds is 3. The van der Waals surface area contributed by atoms with E-state index < -0.39 is 21.8 Å². The van der Waals surface area contributed by atoms with E-state index in [-0.39, 0.29) is 10.9 Å². The van der Waals surface area contributed by atoms with Crippen LogP contribution in [0.4, 0.5) is 13.2 Å². The van der Waals surface area contributed by atoms with Gasteiger partial charge in [0.05, 0.1) is 10.5 Å². The van der Waals surface area contributed by atoms with Gasteiger partial charge in [0, 0.05) is 19.1 Å². The molecule has 0 spiro atoms. The predicted octanol–water partition coefficient (Wildman–Crippen LogP) is 2.42. The highest BCUT2D eigenvalue weighted by Gasteiger charge is 2.34. The summed E-state index contributed by atoms with van der Waals surface area (Å²) >= 11 is 0. The molecule has 0 N–H and O–H groups in total. The molecule has 0 aromatic heterocycles. The van der Waals surface area contributed by atoms with E-state index in [1.807, 2.05) is 19.0 Å². The summed E-state index contributed by atoms with van der Waals surface area (Å²) in [6, 6.07) is 3.99. The van der Waals surface area contributed by atoms with Crippen molar-refractivity contribution >= 4 is 10.0 Å². The molecule has 1 aliphatic heterocycles. The van der Waals surface area contributed by atoms with Crippen molar-refractivity contribution in [2.45, 2.75) is 30.0 Å². The molecular weight excluding hydrogens is 317 g/mol. The fourth-order valence-corrected chi connectivity index (χ4v) is 4.11. The van der Waals surface area contributed by atoms with Crippen LogP contribution >= 0.6 is 0 Å². The van der Waals surface area contributed by atoms with E-state index in [1.165, 1.54) is 10.4 Å². The largest absolute Gasteiger partial charge is 0.416 e. The number of sulfonamides is 1. The van der Waals surface area contributed by atoms with Gasteiger partial charge in [0.15, 0.2) is 0 Å². The van der Waals surface area contributed by atoms with Gasteiger partial charge in [-0.05, 0) is 45.1 Å². The van der Waals surface area contributed by atoms with Crippen LogP contribution < -0.4 is 0 Å². The van der Waals surface area contributed by atoms with Gasteiger partial charge in [0.1, 0.15) is 0 Å². The van der Waals surface area contributed by atoms with Crippen molar-refractivity contribution in [2.75, 3.05) is 27.2 Å². The van der Waals surface area contributed by atoms with E-state index in [4.69, 9.17) is 0 Å². The number of nitrogens with zero attached hydrogens (tertiary/aromatic N) is 2. The van der Waals surface area contributed by atoms with E-state index in [2.05, 4.69) is 0 Å². The van der Waals surface area contributed by atoms with E-state index in [9.17, 15) is 21.6 Å². The SMILES string of the molecule is CN(C)C1CCCN(S(=O)(=O)c2cccc(C(F)(F)F)c2)C1. The maximum Gasteiger partial charge on any atom is 0.416 e. The van der Waals surface area contributed by atoms with Gasteiger partial charge in [0.25, 0.3) is 0 Å². The Bertz CT molecular complexity index is 629. The van der Waals surface area contributed by atoms with E-state index >= 15 is 0 Å². The average Bonchev–Trinajstić information content (AvgIpc) is 2.46. The van der Waals surface area contributed by atoms with Gasteiger partial charge in [-0.3, -0.25) is 0 Å². The summed E-state index contributed by atoms with van der Waals surface area (Å²) in [7, 11) is -0.172. The summed E-state index contributed by atoms with van der Waals surface area (Å²) in [4.78, 5) is 1.63. The number of benzene rings is 1. The van der Waals surface area contributed by atoms with Crippen LogP contribution in [0, 0.1) is 0 Å². The molecule has 22 heavy (non-hydrogen) atoms. The monoisotopic (exact) mass is 336 g/mol. The Morgan fingerprint density at radius 1 is 1.27 bits per heavy atom. The molecule has 1 unspecified atom stereocenters. The van der Waals surface area contributed by atoms with E-state index in [0.717, 1.165) is 18.6 Å². The maximum absolute atomic E-state index is 12.8. The lowest BCUT2D eigenvalue weighted by Gasteiger charge is -2.35. The second-order valence-corrected chi connectivity index (χ2v) is 7.59. The van der Waals surface area contributed by atoms with Crippen LogP contribution in [0.25, 0.3) is 0 Å². The summed E-state index contributed by atoms with van der Waals surface area (Å²) < 4.78 is 64.7. The Hall–Kier alpha value is -1.12. The molecule has 0 radical (unpaired) electrons. The molecule has 1 heterocycles. The van der Waals surface area contributed by atoms with Gasteiger partial charge in [0.2, 0.25) is 10.0 Å². The van der Waals surface area contributed by atoms with Crippen molar-refractivity contribution in [1.29, 1.82) is 0 Å². The van der Waals surface area contributed by atoms with Crippen LogP contribution in [-0.2, 0) is 16.2 Å². The molecule has 124 valence electrons. The molecule has 8 heteroatoms. The van der Waals surface area contributed by atoms with Crippen molar-refractivity contribution < 1.29 is 21.6 Å². The molecule has 1 aromatic rings. The third-order valence-electron chi connectivity index (χ3n) is 3.89. The standard InChI is InChI=1S/C14H19F3N2O2S/c1-18(2)12-6-4-8-19(10-12)22(20,21)13-7-3-5-11(9-13)14(15,16)17/h3,5,7,9,12H,4,6,8,10H2,1-2H3. The average molecular weight is 336 g/mol. The fraction of sp³-hybridized carbons (Fsp3) is 0.571. The van der Waals surface area contributed by atoms with Gasteiger partial charge in [-0.25, -0.2) is 8.42 Å². The molecule has 1 aliphatic rings. The molecule has 0 amide bonds. The first kappa shape index (κ1) is 17.2. The third kappa shape index (κ3) is 3.61. The lowest BCUT2D eigenvalue weighted by Crippen LogP contribution is -2.47. The second kappa shape index (κ2) is 6.17. The minimum Gasteiger partial charge on any atom is -0.305 e. The molecule has 1 aromatic carbocycles. The Labute approximate surface area is 128 Å². The number of hydrogen-bond donors (Lipinski definition) is 0. The smallest absolute Gasteiger partial charge is 0.305 e. The summed E-state index contributed by atoms with van der Waals surface area (Å²) in [5.41, 5.74) is -0.949. The first-order chi connectivity index (χ1) is 10.1. The lowest BCUT2D eigenvalue weighted by atomic mass is 10.1. The Morgan fingerprint density at radius 3 is 2.55 bits per heavy atom. The third-order valence-corrected chi connectivity index (χ3v) is 5.75. The molecule has 2 rings (SSSR count). The Kier molecular flexibility index (Phi) is 4.84. The lowest BCUT2D eigenvalue weighted by molar-refractivity contribution is -0.137. The molecule has 0 aliphatic carbocycles. The highest BCUT2D eigenvalue weighted by molar-refractivity contribution is 7.89. The molecular formula is C14H19F3N2O2S. The number of piperidine rings is 1. The Morgan fingerprint density at radius 2 is 1.95 bits per heavy atom. The van der Waals surface area contributed by atoms with Crippen molar-refractivity contribution in [1.82, 2.24) is 9.21 Å². The molecule has 0 saturated carbocycles. The molecule has 0 bridgehead atoms. The van der Waals surface area contributed by atoms with E-state index in [1.54, 1.807) is 0 Å². The van der Waals surface area contributed by atoms with Gasteiger partial charge in [-0.15, -0.1) is 0 Å². The van der Waals surface area contributed by atoms with Crippen molar-refractivity contribution in [3.05, 3.63) is 29.8 Å². The first-order valence-corrected chi connectivity index (χ1v) is 8.40. The maximum atomic E-state index is 12.8. The minimum atomic E-state index is -4.56. The summed E-state index contributed by atoms with van der Waals surface area (Å²) in [5.74, 6) is 0. The number of alkyl halides is 3. The topological polar surface area (TPSA) is 40.6 Å². The summed E-state index contributed by atoms with van der Waals surface area (Å²) in [6.07, 6.45) is -2.98. The zero-order valence-corrected chi connectivity index (χ0v) is 13.3. The van der Waals surface area contributed by atoms with Gasteiger partial charge >= 0.3 is 6.18 Å². The summed E-state index contributed by atoms with van der Waals surface area (Å²) in [5, 5.41) is 0. The molecule has 1 atom stereocenters. The fourth-order valence-electron chi connectivity index (χ4n) is 2.54. The quantitative estimate of drug-likeness (QED) is 0.851. The van der Waals surface area contributed by atoms with Crippen molar-refractivity contribution in [3.8, 4) is 0 Å². The number of halogens is 3. The van der Waals surface area contributed by atoms with Crippen LogP contribution in [0.3, 0.4) is 0 Å². The normalized spacial score (nSPS) is 21.3. The number of hydrogen-bond acceptors (Lipinski definition) is 3. The van der Waals surface area contributed by atoms with Crippen LogP contribution in [0.5, 0.6) is 0 Å². The predicted molar refractivity (Wildman–Crippen MR) is 76.9 cm³/mol. The minimum absolute atomic E-state index is 0.0781. The second-order valence-electron chi connectivity index (χ2n) is 5.65. The Balaban J connectivity index is 2.30. The molecule has 4 nitrogen and oxygen atoms in total. The highest BCUT2D eigenvalue weighted by Crippen LogP contribution is 2.31. The van der Waals surface area contributed by atoms with Crippen LogP contribution in [0.2, 0.25) is 0 Å². The van der Waals surface area contributed by atoms with Crippen LogP contribution in [-0.4, -0.2) is 50.8 Å². The highest BCUT2D eigenvalue weighted by atomic mass is 32.2. The van der Waals surface area contributed by atoms with Crippen molar-refractivity contribution in [2.24, 2.45) is 0 Å². The molecule has 1 fully saturated rings. The van der Waals surface area contributed by atoms with Crippen molar-refractivity contribution in [3.63, 3.8) is 0 Å². The number of likely N-dealkylation sites (N-methyl/N-ethyl adjacent to an activating group) is 1. The summed E-state index contributed by atoms with van der Waals surface area (Å²) in [6.45, 7) is 0.633. The van der Waals surface area contributed by atoms with Gasteiger partial charge < -0.3 is 4.90 Å². The zero-order chi connectivity index (χ0) is 16.5. The molecule has 1 saturated heterocycles. The van der Waals surface area contributed by atoms with Crippen LogP contribution in [0.15, 0.2) is 29.2 Å². The van der Waals surface area contributed by atoms with E-state index in [0.29, 0.717) is 25.6 Å². The van der Waals surface area contributed by atoms with Gasteiger partial charge in [-0.2, -0.15) is 17.5 Å².